The Hall–Kier alpha value is -2.35. The quantitative estimate of drug-likeness (QED) is 0.741. The predicted octanol–water partition coefficient (Wildman–Crippen LogP) is 3.09. The van der Waals surface area contributed by atoms with Crippen molar-refractivity contribution in [2.75, 3.05) is 11.1 Å². The third-order valence-electron chi connectivity index (χ3n) is 5.27. The van der Waals surface area contributed by atoms with Crippen molar-refractivity contribution in [3.63, 3.8) is 0 Å². The van der Waals surface area contributed by atoms with Crippen LogP contribution in [0.25, 0.3) is 11.5 Å². The first-order valence-electron chi connectivity index (χ1n) is 9.20. The summed E-state index contributed by atoms with van der Waals surface area (Å²) in [5, 5.41) is 14.3. The van der Waals surface area contributed by atoms with E-state index >= 15 is 0 Å². The van der Waals surface area contributed by atoms with Crippen LogP contribution in [0, 0.1) is 11.8 Å². The number of hydrogen-bond donors (Lipinski definition) is 2. The molecule has 142 valence electrons. The van der Waals surface area contributed by atoms with Gasteiger partial charge in [-0.05, 0) is 55.4 Å². The van der Waals surface area contributed by atoms with E-state index < -0.39 is 0 Å². The molecular formula is C19H22N4O3S. The van der Waals surface area contributed by atoms with Crippen molar-refractivity contribution in [2.45, 2.75) is 43.9 Å². The van der Waals surface area contributed by atoms with Crippen LogP contribution in [0.3, 0.4) is 0 Å². The summed E-state index contributed by atoms with van der Waals surface area (Å²) in [6.45, 7) is 1.46. The van der Waals surface area contributed by atoms with Crippen molar-refractivity contribution in [3.05, 3.63) is 24.3 Å². The number of benzene rings is 1. The second-order valence-corrected chi connectivity index (χ2v) is 8.20. The zero-order chi connectivity index (χ0) is 18.8. The van der Waals surface area contributed by atoms with E-state index in [-0.39, 0.29) is 17.6 Å². The molecule has 8 heteroatoms. The SMILES string of the molecule is CC(=O)Nc1ccc(-c2nnc(SCC(=O)NC3CC4CCC3C4)o2)cc1. The zero-order valence-corrected chi connectivity index (χ0v) is 15.9. The van der Waals surface area contributed by atoms with E-state index in [2.05, 4.69) is 20.8 Å². The smallest absolute Gasteiger partial charge is 0.277 e. The van der Waals surface area contributed by atoms with E-state index in [0.717, 1.165) is 17.9 Å². The van der Waals surface area contributed by atoms with Crippen LogP contribution in [0.15, 0.2) is 33.9 Å². The lowest BCUT2D eigenvalue weighted by atomic mass is 9.95. The van der Waals surface area contributed by atoms with Gasteiger partial charge in [0, 0.05) is 24.2 Å². The van der Waals surface area contributed by atoms with Gasteiger partial charge in [-0.1, -0.05) is 18.2 Å². The molecule has 1 heterocycles. The molecule has 0 spiro atoms. The summed E-state index contributed by atoms with van der Waals surface area (Å²) in [4.78, 5) is 23.3. The number of amides is 2. The van der Waals surface area contributed by atoms with Gasteiger partial charge in [-0.25, -0.2) is 0 Å². The lowest BCUT2D eigenvalue weighted by Crippen LogP contribution is -2.39. The molecule has 2 aliphatic carbocycles. The molecule has 27 heavy (non-hydrogen) atoms. The van der Waals surface area contributed by atoms with Gasteiger partial charge < -0.3 is 15.1 Å². The molecule has 2 N–H and O–H groups in total. The molecule has 2 fully saturated rings. The van der Waals surface area contributed by atoms with E-state index in [1.54, 1.807) is 24.3 Å². The minimum atomic E-state index is -0.122. The van der Waals surface area contributed by atoms with Gasteiger partial charge >= 0.3 is 0 Å². The fourth-order valence-corrected chi connectivity index (χ4v) is 4.66. The van der Waals surface area contributed by atoms with Gasteiger partial charge in [0.15, 0.2) is 0 Å². The van der Waals surface area contributed by atoms with Crippen LogP contribution in [0.1, 0.15) is 32.6 Å². The normalized spacial score (nSPS) is 23.4. The number of thioether (sulfide) groups is 1. The second kappa shape index (κ2) is 7.72. The Morgan fingerprint density at radius 3 is 2.67 bits per heavy atom. The Labute approximate surface area is 161 Å². The Balaban J connectivity index is 1.29. The number of carbonyl (C=O) groups excluding carboxylic acids is 2. The summed E-state index contributed by atoms with van der Waals surface area (Å²) in [6.07, 6.45) is 4.96. The summed E-state index contributed by atoms with van der Waals surface area (Å²) < 4.78 is 5.63. The van der Waals surface area contributed by atoms with E-state index in [1.165, 1.54) is 37.9 Å². The standard InChI is InChI=1S/C19H22N4O3S/c1-11(24)20-15-6-4-13(5-7-15)18-22-23-19(26-18)27-10-17(25)21-16-9-12-2-3-14(16)8-12/h4-7,12,14,16H,2-3,8-10H2,1H3,(H,20,24)(H,21,25). The van der Waals surface area contributed by atoms with Gasteiger partial charge in [-0.15, -0.1) is 10.2 Å². The second-order valence-electron chi connectivity index (χ2n) is 7.27. The number of hydrogen-bond acceptors (Lipinski definition) is 6. The molecule has 3 unspecified atom stereocenters. The van der Waals surface area contributed by atoms with Gasteiger partial charge in [0.25, 0.3) is 5.22 Å². The molecule has 2 aliphatic rings. The van der Waals surface area contributed by atoms with Gasteiger partial charge in [0.05, 0.1) is 5.75 Å². The average Bonchev–Trinajstić information content (AvgIpc) is 3.37. The Morgan fingerprint density at radius 2 is 2.00 bits per heavy atom. The topological polar surface area (TPSA) is 97.1 Å². The van der Waals surface area contributed by atoms with Crippen LogP contribution in [0.5, 0.6) is 0 Å². The number of rotatable bonds is 6. The first kappa shape index (κ1) is 18.0. The van der Waals surface area contributed by atoms with Crippen molar-refractivity contribution < 1.29 is 14.0 Å². The Bertz CT molecular complexity index is 836. The van der Waals surface area contributed by atoms with Crippen molar-refractivity contribution in [3.8, 4) is 11.5 Å². The third-order valence-corrected chi connectivity index (χ3v) is 6.09. The third kappa shape index (κ3) is 4.32. The van der Waals surface area contributed by atoms with Crippen molar-refractivity contribution in [2.24, 2.45) is 11.8 Å². The van der Waals surface area contributed by atoms with Crippen molar-refractivity contribution in [1.29, 1.82) is 0 Å². The molecule has 0 saturated heterocycles. The molecule has 1 aromatic heterocycles. The molecule has 0 aliphatic heterocycles. The van der Waals surface area contributed by atoms with E-state index in [4.69, 9.17) is 4.42 Å². The maximum atomic E-state index is 12.2. The molecule has 2 saturated carbocycles. The molecule has 3 atom stereocenters. The number of nitrogens with zero attached hydrogens (tertiary/aromatic N) is 2. The van der Waals surface area contributed by atoms with Gasteiger partial charge in [-0.3, -0.25) is 9.59 Å². The van der Waals surface area contributed by atoms with Gasteiger partial charge in [-0.2, -0.15) is 0 Å². The summed E-state index contributed by atoms with van der Waals surface area (Å²) in [7, 11) is 0. The van der Waals surface area contributed by atoms with Gasteiger partial charge in [0.1, 0.15) is 0 Å². The van der Waals surface area contributed by atoms with Crippen LogP contribution in [-0.2, 0) is 9.59 Å². The fraction of sp³-hybridized carbons (Fsp3) is 0.474. The average molecular weight is 386 g/mol. The number of anilines is 1. The van der Waals surface area contributed by atoms with Crippen molar-refractivity contribution >= 4 is 29.3 Å². The van der Waals surface area contributed by atoms with E-state index in [1.807, 2.05) is 0 Å². The monoisotopic (exact) mass is 386 g/mol. The highest BCUT2D eigenvalue weighted by molar-refractivity contribution is 7.99. The zero-order valence-electron chi connectivity index (χ0n) is 15.1. The molecule has 2 aromatic rings. The van der Waals surface area contributed by atoms with Crippen LogP contribution >= 0.6 is 11.8 Å². The Kier molecular flexibility index (Phi) is 5.15. The van der Waals surface area contributed by atoms with Crippen LogP contribution < -0.4 is 10.6 Å². The van der Waals surface area contributed by atoms with Crippen LogP contribution in [0.4, 0.5) is 5.69 Å². The summed E-state index contributed by atoms with van der Waals surface area (Å²) in [6, 6.07) is 7.49. The predicted molar refractivity (Wildman–Crippen MR) is 102 cm³/mol. The largest absolute Gasteiger partial charge is 0.411 e. The number of nitrogens with one attached hydrogen (secondary N) is 2. The Morgan fingerprint density at radius 1 is 1.19 bits per heavy atom. The number of aromatic nitrogens is 2. The van der Waals surface area contributed by atoms with E-state index in [9.17, 15) is 9.59 Å². The minimum absolute atomic E-state index is 0.0250. The van der Waals surface area contributed by atoms with Crippen LogP contribution in [0.2, 0.25) is 0 Å². The maximum absolute atomic E-state index is 12.2. The lowest BCUT2D eigenvalue weighted by molar-refractivity contribution is -0.119. The molecule has 4 rings (SSSR count). The van der Waals surface area contributed by atoms with Crippen LogP contribution in [-0.4, -0.2) is 33.8 Å². The minimum Gasteiger partial charge on any atom is -0.411 e. The molecule has 2 amide bonds. The van der Waals surface area contributed by atoms with Crippen molar-refractivity contribution in [1.82, 2.24) is 15.5 Å². The van der Waals surface area contributed by atoms with Gasteiger partial charge in [0.2, 0.25) is 17.7 Å². The molecule has 2 bridgehead atoms. The first-order chi connectivity index (χ1) is 13.1. The molecule has 1 aromatic carbocycles. The summed E-state index contributed by atoms with van der Waals surface area (Å²) >= 11 is 1.25. The summed E-state index contributed by atoms with van der Waals surface area (Å²) in [5.74, 6) is 2.04. The highest BCUT2D eigenvalue weighted by atomic mass is 32.2. The molecule has 7 nitrogen and oxygen atoms in total. The number of carbonyl (C=O) groups is 2. The molecule has 0 radical (unpaired) electrons. The lowest BCUT2D eigenvalue weighted by Gasteiger charge is -2.22. The first-order valence-corrected chi connectivity index (χ1v) is 10.2. The summed E-state index contributed by atoms with van der Waals surface area (Å²) in [5.41, 5.74) is 1.47. The number of fused-ring (bicyclic) bond motifs is 2. The highest BCUT2D eigenvalue weighted by Gasteiger charge is 2.40. The van der Waals surface area contributed by atoms with E-state index in [0.29, 0.717) is 28.8 Å². The highest BCUT2D eigenvalue weighted by Crippen LogP contribution is 2.44. The maximum Gasteiger partial charge on any atom is 0.277 e. The fourth-order valence-electron chi connectivity index (χ4n) is 4.08. The molecular weight excluding hydrogens is 364 g/mol.